The molecule has 0 unspecified atom stereocenters. The smallest absolute Gasteiger partial charge is 0.0431 e. The van der Waals surface area contributed by atoms with Crippen molar-refractivity contribution in [2.24, 2.45) is 5.41 Å². The minimum atomic E-state index is 0.351. The average molecular weight is 172 g/mol. The Morgan fingerprint density at radius 1 is 1.00 bits per heavy atom. The lowest BCUT2D eigenvalue weighted by Crippen LogP contribution is -2.11. The molecular formula is C11H24O. The van der Waals surface area contributed by atoms with Crippen LogP contribution in [0.5, 0.6) is 0 Å². The molecule has 0 aliphatic heterocycles. The number of aliphatic hydroxyl groups excluding tert-OH is 1. The normalized spacial score (nSPS) is 12.0. The van der Waals surface area contributed by atoms with Crippen molar-refractivity contribution >= 4 is 0 Å². The number of aliphatic hydroxyl groups is 1. The van der Waals surface area contributed by atoms with Gasteiger partial charge >= 0.3 is 0 Å². The summed E-state index contributed by atoms with van der Waals surface area (Å²) in [6.07, 6.45) is 7.36. The van der Waals surface area contributed by atoms with Crippen molar-refractivity contribution < 1.29 is 5.11 Å². The molecule has 0 aliphatic carbocycles. The van der Waals surface area contributed by atoms with Crippen LogP contribution < -0.4 is 0 Å². The lowest BCUT2D eigenvalue weighted by atomic mass is 9.82. The first-order chi connectivity index (χ1) is 5.62. The van der Waals surface area contributed by atoms with E-state index < -0.39 is 0 Å². The van der Waals surface area contributed by atoms with Crippen molar-refractivity contribution in [3.8, 4) is 0 Å². The monoisotopic (exact) mass is 172 g/mol. The first kappa shape index (κ1) is 12.0. The number of hydrogen-bond acceptors (Lipinski definition) is 1. The van der Waals surface area contributed by atoms with Crippen LogP contribution in [-0.4, -0.2) is 11.7 Å². The van der Waals surface area contributed by atoms with Crippen molar-refractivity contribution in [2.45, 2.75) is 59.3 Å². The molecule has 0 rings (SSSR count). The molecule has 0 aromatic carbocycles. The molecule has 12 heavy (non-hydrogen) atoms. The van der Waals surface area contributed by atoms with E-state index in [9.17, 15) is 0 Å². The number of rotatable bonds is 7. The van der Waals surface area contributed by atoms with Gasteiger partial charge in [-0.25, -0.2) is 0 Å². The van der Waals surface area contributed by atoms with Gasteiger partial charge in [0, 0.05) is 6.61 Å². The van der Waals surface area contributed by atoms with Gasteiger partial charge in [0.2, 0.25) is 0 Å². The highest BCUT2D eigenvalue weighted by Crippen LogP contribution is 2.29. The Hall–Kier alpha value is -0.0400. The van der Waals surface area contributed by atoms with Crippen molar-refractivity contribution in [3.05, 3.63) is 0 Å². The van der Waals surface area contributed by atoms with Crippen LogP contribution in [0, 0.1) is 5.41 Å². The van der Waals surface area contributed by atoms with Crippen molar-refractivity contribution in [1.82, 2.24) is 0 Å². The molecule has 74 valence electrons. The minimum Gasteiger partial charge on any atom is -0.396 e. The molecule has 0 fully saturated rings. The lowest BCUT2D eigenvalue weighted by Gasteiger charge is -2.24. The van der Waals surface area contributed by atoms with Gasteiger partial charge in [0.1, 0.15) is 0 Å². The van der Waals surface area contributed by atoms with Crippen LogP contribution in [0.1, 0.15) is 59.3 Å². The Labute approximate surface area is 77.2 Å². The fraction of sp³-hybridized carbons (Fsp3) is 1.00. The summed E-state index contributed by atoms with van der Waals surface area (Å²) in [7, 11) is 0. The fourth-order valence-corrected chi connectivity index (χ4v) is 1.50. The summed E-state index contributed by atoms with van der Waals surface area (Å²) in [5.41, 5.74) is 0.491. The summed E-state index contributed by atoms with van der Waals surface area (Å²) in [6.45, 7) is 7.26. The molecule has 0 saturated heterocycles. The van der Waals surface area contributed by atoms with Crippen LogP contribution in [0.2, 0.25) is 0 Å². The second-order valence-electron chi connectivity index (χ2n) is 4.45. The van der Waals surface area contributed by atoms with Crippen LogP contribution in [0.25, 0.3) is 0 Å². The molecule has 0 atom stereocenters. The number of hydrogen-bond donors (Lipinski definition) is 1. The van der Waals surface area contributed by atoms with Crippen LogP contribution in [-0.2, 0) is 0 Å². The third-order valence-corrected chi connectivity index (χ3v) is 2.47. The van der Waals surface area contributed by atoms with E-state index in [2.05, 4.69) is 20.8 Å². The molecule has 0 heterocycles. The van der Waals surface area contributed by atoms with E-state index >= 15 is 0 Å². The summed E-state index contributed by atoms with van der Waals surface area (Å²) in [6, 6.07) is 0. The molecule has 0 aliphatic rings. The van der Waals surface area contributed by atoms with Crippen molar-refractivity contribution in [3.63, 3.8) is 0 Å². The first-order valence-electron chi connectivity index (χ1n) is 5.23. The Morgan fingerprint density at radius 2 is 1.58 bits per heavy atom. The summed E-state index contributed by atoms with van der Waals surface area (Å²) in [5.74, 6) is 0. The maximum absolute atomic E-state index is 8.64. The predicted octanol–water partition coefficient (Wildman–Crippen LogP) is 3.37. The van der Waals surface area contributed by atoms with Gasteiger partial charge in [-0.3, -0.25) is 0 Å². The highest BCUT2D eigenvalue weighted by Gasteiger charge is 2.15. The van der Waals surface area contributed by atoms with Gasteiger partial charge in [-0.05, 0) is 24.7 Å². The third kappa shape index (κ3) is 6.66. The van der Waals surface area contributed by atoms with E-state index in [1.54, 1.807) is 0 Å². The molecule has 1 nitrogen and oxygen atoms in total. The van der Waals surface area contributed by atoms with Crippen LogP contribution in [0.4, 0.5) is 0 Å². The Kier molecular flexibility index (Phi) is 6.45. The molecule has 0 amide bonds. The van der Waals surface area contributed by atoms with Crippen LogP contribution in [0.15, 0.2) is 0 Å². The van der Waals surface area contributed by atoms with Crippen molar-refractivity contribution in [2.75, 3.05) is 6.61 Å². The molecule has 1 N–H and O–H groups in total. The summed E-state index contributed by atoms with van der Waals surface area (Å²) in [5, 5.41) is 8.64. The van der Waals surface area contributed by atoms with Gasteiger partial charge in [0.15, 0.2) is 0 Å². The van der Waals surface area contributed by atoms with Gasteiger partial charge < -0.3 is 5.11 Å². The van der Waals surface area contributed by atoms with E-state index in [-0.39, 0.29) is 0 Å². The van der Waals surface area contributed by atoms with Gasteiger partial charge in [0.05, 0.1) is 0 Å². The zero-order chi connectivity index (χ0) is 9.45. The minimum absolute atomic E-state index is 0.351. The van der Waals surface area contributed by atoms with Gasteiger partial charge in [-0.1, -0.05) is 40.0 Å². The zero-order valence-electron chi connectivity index (χ0n) is 8.90. The van der Waals surface area contributed by atoms with E-state index in [4.69, 9.17) is 5.11 Å². The second-order valence-corrected chi connectivity index (χ2v) is 4.45. The lowest BCUT2D eigenvalue weighted by molar-refractivity contribution is 0.249. The van der Waals surface area contributed by atoms with E-state index in [0.717, 1.165) is 6.42 Å². The zero-order valence-corrected chi connectivity index (χ0v) is 8.90. The first-order valence-corrected chi connectivity index (χ1v) is 5.23. The Balaban J connectivity index is 3.42. The maximum atomic E-state index is 8.64. The highest BCUT2D eigenvalue weighted by atomic mass is 16.2. The average Bonchev–Trinajstić information content (AvgIpc) is 2.01. The maximum Gasteiger partial charge on any atom is 0.0431 e. The van der Waals surface area contributed by atoms with Crippen LogP contribution in [0.3, 0.4) is 0 Å². The van der Waals surface area contributed by atoms with Crippen molar-refractivity contribution in [1.29, 1.82) is 0 Å². The molecule has 0 spiro atoms. The SMILES string of the molecule is CCCCC(C)(C)CCCCO. The summed E-state index contributed by atoms with van der Waals surface area (Å²) < 4.78 is 0. The van der Waals surface area contributed by atoms with E-state index in [1.165, 1.54) is 32.1 Å². The molecular weight excluding hydrogens is 148 g/mol. The van der Waals surface area contributed by atoms with Gasteiger partial charge in [-0.15, -0.1) is 0 Å². The van der Waals surface area contributed by atoms with E-state index in [1.807, 2.05) is 0 Å². The second kappa shape index (κ2) is 6.47. The van der Waals surface area contributed by atoms with Crippen LogP contribution >= 0.6 is 0 Å². The largest absolute Gasteiger partial charge is 0.396 e. The topological polar surface area (TPSA) is 20.2 Å². The summed E-state index contributed by atoms with van der Waals surface area (Å²) in [4.78, 5) is 0. The molecule has 1 heteroatoms. The quantitative estimate of drug-likeness (QED) is 0.584. The van der Waals surface area contributed by atoms with Gasteiger partial charge in [-0.2, -0.15) is 0 Å². The van der Waals surface area contributed by atoms with Gasteiger partial charge in [0.25, 0.3) is 0 Å². The highest BCUT2D eigenvalue weighted by molar-refractivity contribution is 4.68. The summed E-state index contributed by atoms with van der Waals surface area (Å²) >= 11 is 0. The Morgan fingerprint density at radius 3 is 2.08 bits per heavy atom. The molecule has 0 saturated carbocycles. The number of unbranched alkanes of at least 4 members (excludes halogenated alkanes) is 2. The fourth-order valence-electron chi connectivity index (χ4n) is 1.50. The third-order valence-electron chi connectivity index (χ3n) is 2.47. The molecule has 0 aromatic heterocycles. The predicted molar refractivity (Wildman–Crippen MR) is 54.2 cm³/mol. The Bertz CT molecular complexity index is 97.2. The molecule has 0 aromatic rings. The molecule has 0 radical (unpaired) electrons. The standard InChI is InChI=1S/C11H24O/c1-4-5-8-11(2,3)9-6-7-10-12/h12H,4-10H2,1-3H3. The van der Waals surface area contributed by atoms with E-state index in [0.29, 0.717) is 12.0 Å². The molecule has 0 bridgehead atoms.